The van der Waals surface area contributed by atoms with Crippen molar-refractivity contribution in [2.45, 2.75) is 52.1 Å². The van der Waals surface area contributed by atoms with Gasteiger partial charge in [0.15, 0.2) is 0 Å². The monoisotopic (exact) mass is 216 g/mol. The molecule has 1 nitrogen and oxygen atoms in total. The maximum absolute atomic E-state index is 5.56. The number of rotatable bonds is 5. The van der Waals surface area contributed by atoms with E-state index in [9.17, 15) is 0 Å². The Kier molecular flexibility index (Phi) is 16.7. The summed E-state index contributed by atoms with van der Waals surface area (Å²) in [7, 11) is 0. The summed E-state index contributed by atoms with van der Waals surface area (Å²) < 4.78 is 5.56. The summed E-state index contributed by atoms with van der Waals surface area (Å²) in [6.07, 6.45) is 4.70. The second kappa shape index (κ2) is 11.1. The normalized spacial score (nSPS) is 10.2. The first-order valence-corrected chi connectivity index (χ1v) is 4.49. The summed E-state index contributed by atoms with van der Waals surface area (Å²) in [5, 5.41) is 0. The fourth-order valence-corrected chi connectivity index (χ4v) is 0.834. The van der Waals surface area contributed by atoms with Crippen molar-refractivity contribution < 1.29 is 17.1 Å². The summed E-state index contributed by atoms with van der Waals surface area (Å²) in [6.45, 7) is 11.0. The number of unbranched alkanes of at least 4 members (excludes halogenated alkanes) is 3. The van der Waals surface area contributed by atoms with E-state index in [2.05, 4.69) is 27.7 Å². The van der Waals surface area contributed by atoms with Crippen LogP contribution in [0.4, 0.5) is 0 Å². The first-order chi connectivity index (χ1) is 5.06. The molecular formula is C10H21ClMgO. The molecule has 0 radical (unpaired) electrons. The third-order valence-corrected chi connectivity index (χ3v) is 1.43. The van der Waals surface area contributed by atoms with Crippen LogP contribution in [-0.4, -0.2) is 35.3 Å². The van der Waals surface area contributed by atoms with Crippen LogP contribution >= 0.6 is 0 Å². The van der Waals surface area contributed by atoms with Crippen molar-refractivity contribution in [1.29, 1.82) is 0 Å². The number of hydrogen-bond donors (Lipinski definition) is 0. The smallest absolute Gasteiger partial charge is 1.00 e. The Labute approximate surface area is 106 Å². The third-order valence-electron chi connectivity index (χ3n) is 1.43. The van der Waals surface area contributed by atoms with E-state index >= 15 is 0 Å². The van der Waals surface area contributed by atoms with Gasteiger partial charge in [0.05, 0.1) is 5.60 Å². The molecule has 0 rings (SSSR count). The summed E-state index contributed by atoms with van der Waals surface area (Å²) in [5.41, 5.74) is 0.0322. The molecule has 0 aliphatic carbocycles. The van der Waals surface area contributed by atoms with Gasteiger partial charge in [-0.1, -0.05) is 12.8 Å². The van der Waals surface area contributed by atoms with Crippen molar-refractivity contribution in [1.82, 2.24) is 0 Å². The molecule has 0 aliphatic heterocycles. The van der Waals surface area contributed by atoms with Crippen LogP contribution in [0.5, 0.6) is 0 Å². The minimum Gasteiger partial charge on any atom is -1.00 e. The zero-order chi connectivity index (χ0) is 8.74. The molecule has 0 bridgehead atoms. The second-order valence-electron chi connectivity index (χ2n) is 3.88. The molecule has 0 atom stereocenters. The largest absolute Gasteiger partial charge is 2.00 e. The number of ether oxygens (including phenoxy) is 1. The van der Waals surface area contributed by atoms with Crippen LogP contribution in [0.3, 0.4) is 0 Å². The van der Waals surface area contributed by atoms with Gasteiger partial charge in [0.2, 0.25) is 0 Å². The molecule has 0 heterocycles. The van der Waals surface area contributed by atoms with E-state index in [1.54, 1.807) is 0 Å². The Bertz CT molecular complexity index is 91.4. The minimum absolute atomic E-state index is 0. The van der Waals surface area contributed by atoms with Gasteiger partial charge in [0, 0.05) is 6.61 Å². The quantitative estimate of drug-likeness (QED) is 0.352. The molecule has 0 aromatic heterocycles. The van der Waals surface area contributed by atoms with Gasteiger partial charge in [-0.25, -0.2) is 0 Å². The molecule has 0 amide bonds. The molecule has 13 heavy (non-hydrogen) atoms. The Hall–Kier alpha value is 1.02. The van der Waals surface area contributed by atoms with Crippen LogP contribution in [0.15, 0.2) is 0 Å². The van der Waals surface area contributed by atoms with Crippen LogP contribution < -0.4 is 12.4 Å². The van der Waals surface area contributed by atoms with Gasteiger partial charge in [-0.15, -0.1) is 0 Å². The van der Waals surface area contributed by atoms with E-state index in [1.807, 2.05) is 0 Å². The first kappa shape index (κ1) is 19.6. The Morgan fingerprint density at radius 1 is 1.08 bits per heavy atom. The predicted octanol–water partition coefficient (Wildman–Crippen LogP) is -0.181. The van der Waals surface area contributed by atoms with Gasteiger partial charge in [0.25, 0.3) is 0 Å². The van der Waals surface area contributed by atoms with Crippen molar-refractivity contribution in [2.24, 2.45) is 0 Å². The fraction of sp³-hybridized carbons (Fsp3) is 0.900. The van der Waals surface area contributed by atoms with E-state index in [0.29, 0.717) is 0 Å². The molecule has 0 saturated carbocycles. The van der Waals surface area contributed by atoms with Gasteiger partial charge in [-0.2, -0.15) is 6.42 Å². The standard InChI is InChI=1S/C10H21O.ClH.Mg/c1-5-6-7-8-9-11-10(2,3)4;;/h1,5-9H2,2-4H3;1H;/q-1;;+2/p-1. The van der Waals surface area contributed by atoms with Crippen LogP contribution in [-0.2, 0) is 4.74 Å². The average Bonchev–Trinajstić information content (AvgIpc) is 1.85. The molecular weight excluding hydrogens is 196 g/mol. The zero-order valence-electron chi connectivity index (χ0n) is 9.24. The molecule has 0 aliphatic rings. The Morgan fingerprint density at radius 2 is 1.62 bits per heavy atom. The topological polar surface area (TPSA) is 9.23 Å². The minimum atomic E-state index is 0. The van der Waals surface area contributed by atoms with Gasteiger partial charge in [-0.05, 0) is 27.2 Å². The Morgan fingerprint density at radius 3 is 2.00 bits per heavy atom. The van der Waals surface area contributed by atoms with Gasteiger partial charge < -0.3 is 24.1 Å². The number of hydrogen-bond acceptors (Lipinski definition) is 1. The molecule has 3 heteroatoms. The summed E-state index contributed by atoms with van der Waals surface area (Å²) in [6, 6.07) is 0. The van der Waals surface area contributed by atoms with Gasteiger partial charge in [-0.3, -0.25) is 0 Å². The molecule has 0 N–H and O–H groups in total. The van der Waals surface area contributed by atoms with Crippen LogP contribution in [0.2, 0.25) is 0 Å². The molecule has 76 valence electrons. The maximum atomic E-state index is 5.56. The third kappa shape index (κ3) is 19.4. The maximum Gasteiger partial charge on any atom is 2.00 e. The summed E-state index contributed by atoms with van der Waals surface area (Å²) >= 11 is 0. The summed E-state index contributed by atoms with van der Waals surface area (Å²) in [5.74, 6) is 0. The van der Waals surface area contributed by atoms with Crippen molar-refractivity contribution in [3.8, 4) is 0 Å². The predicted molar refractivity (Wildman–Crippen MR) is 55.3 cm³/mol. The Balaban J connectivity index is -0.000000500. The number of halogens is 1. The first-order valence-electron chi connectivity index (χ1n) is 4.49. The van der Waals surface area contributed by atoms with Crippen LogP contribution in [0, 0.1) is 6.92 Å². The van der Waals surface area contributed by atoms with Crippen molar-refractivity contribution in [3.05, 3.63) is 6.92 Å². The molecule has 0 saturated heterocycles. The van der Waals surface area contributed by atoms with E-state index in [4.69, 9.17) is 4.74 Å². The average molecular weight is 217 g/mol. The molecule has 0 aromatic rings. The van der Waals surface area contributed by atoms with E-state index in [0.717, 1.165) is 13.0 Å². The van der Waals surface area contributed by atoms with Gasteiger partial charge in [0.1, 0.15) is 0 Å². The molecule has 0 aromatic carbocycles. The van der Waals surface area contributed by atoms with Crippen molar-refractivity contribution in [3.63, 3.8) is 0 Å². The SMILES string of the molecule is [CH2-]CCCCCOC(C)(C)C.[Cl-].[Mg+2]. The molecule has 0 unspecified atom stereocenters. The molecule has 0 fully saturated rings. The summed E-state index contributed by atoms with van der Waals surface area (Å²) in [4.78, 5) is 0. The van der Waals surface area contributed by atoms with Gasteiger partial charge >= 0.3 is 23.1 Å². The fourth-order valence-electron chi connectivity index (χ4n) is 0.834. The van der Waals surface area contributed by atoms with E-state index in [-0.39, 0.29) is 41.1 Å². The van der Waals surface area contributed by atoms with Crippen LogP contribution in [0.1, 0.15) is 46.5 Å². The van der Waals surface area contributed by atoms with Crippen LogP contribution in [0.25, 0.3) is 0 Å². The zero-order valence-corrected chi connectivity index (χ0v) is 11.4. The molecule has 0 spiro atoms. The van der Waals surface area contributed by atoms with E-state index < -0.39 is 0 Å². The second-order valence-corrected chi connectivity index (χ2v) is 3.88. The van der Waals surface area contributed by atoms with E-state index in [1.165, 1.54) is 19.3 Å². The van der Waals surface area contributed by atoms with Crippen molar-refractivity contribution >= 4 is 23.1 Å². The van der Waals surface area contributed by atoms with Crippen molar-refractivity contribution in [2.75, 3.05) is 6.61 Å².